The summed E-state index contributed by atoms with van der Waals surface area (Å²) in [6.45, 7) is 4.24. The first-order valence-electron chi connectivity index (χ1n) is 6.02. The SMILES string of the molecule is CC1CC(Nc2c(Br)cc(Cl)cc2Br)CC(C)O1. The molecule has 2 unspecified atom stereocenters. The van der Waals surface area contributed by atoms with E-state index >= 15 is 0 Å². The Morgan fingerprint density at radius 1 is 1.17 bits per heavy atom. The molecular formula is C13H16Br2ClNO. The van der Waals surface area contributed by atoms with E-state index in [-0.39, 0.29) is 0 Å². The summed E-state index contributed by atoms with van der Waals surface area (Å²) in [5.74, 6) is 0. The van der Waals surface area contributed by atoms with Crippen LogP contribution in [0.3, 0.4) is 0 Å². The molecule has 1 aromatic rings. The predicted molar refractivity (Wildman–Crippen MR) is 83.5 cm³/mol. The zero-order chi connectivity index (χ0) is 13.3. The fourth-order valence-corrected chi connectivity index (χ4v) is 4.30. The van der Waals surface area contributed by atoms with Crippen LogP contribution in [0, 0.1) is 0 Å². The lowest BCUT2D eigenvalue weighted by atomic mass is 9.99. The second-order valence-electron chi connectivity index (χ2n) is 4.81. The normalized spacial score (nSPS) is 28.2. The molecule has 1 aliphatic rings. The van der Waals surface area contributed by atoms with Crippen molar-refractivity contribution in [3.63, 3.8) is 0 Å². The average Bonchev–Trinajstić information content (AvgIpc) is 2.22. The summed E-state index contributed by atoms with van der Waals surface area (Å²) in [5.41, 5.74) is 1.06. The second kappa shape index (κ2) is 6.12. The lowest BCUT2D eigenvalue weighted by molar-refractivity contribution is -0.0337. The molecule has 2 nitrogen and oxygen atoms in total. The average molecular weight is 398 g/mol. The van der Waals surface area contributed by atoms with E-state index in [0.717, 1.165) is 27.5 Å². The highest BCUT2D eigenvalue weighted by molar-refractivity contribution is 9.11. The summed E-state index contributed by atoms with van der Waals surface area (Å²) in [6.07, 6.45) is 2.64. The molecule has 0 radical (unpaired) electrons. The Kier molecular flexibility index (Phi) is 4.98. The van der Waals surface area contributed by atoms with Crippen LogP contribution >= 0.6 is 43.5 Å². The third kappa shape index (κ3) is 3.62. The summed E-state index contributed by atoms with van der Waals surface area (Å²) in [6, 6.07) is 4.24. The molecule has 18 heavy (non-hydrogen) atoms. The molecule has 1 aromatic carbocycles. The zero-order valence-electron chi connectivity index (χ0n) is 10.3. The summed E-state index contributed by atoms with van der Waals surface area (Å²) < 4.78 is 7.71. The van der Waals surface area contributed by atoms with E-state index in [4.69, 9.17) is 16.3 Å². The predicted octanol–water partition coefficient (Wildman–Crippen LogP) is 5.23. The molecule has 1 aliphatic heterocycles. The van der Waals surface area contributed by atoms with Gasteiger partial charge < -0.3 is 10.1 Å². The molecule has 2 atom stereocenters. The van der Waals surface area contributed by atoms with Gasteiger partial charge >= 0.3 is 0 Å². The van der Waals surface area contributed by atoms with Gasteiger partial charge in [-0.3, -0.25) is 0 Å². The van der Waals surface area contributed by atoms with Crippen molar-refractivity contribution >= 4 is 49.1 Å². The van der Waals surface area contributed by atoms with E-state index in [1.807, 2.05) is 12.1 Å². The van der Waals surface area contributed by atoms with Crippen LogP contribution in [-0.4, -0.2) is 18.2 Å². The number of hydrogen-bond acceptors (Lipinski definition) is 2. The number of halogens is 3. The number of nitrogens with one attached hydrogen (secondary N) is 1. The van der Waals surface area contributed by atoms with Gasteiger partial charge in [-0.15, -0.1) is 0 Å². The molecule has 1 heterocycles. The first-order valence-corrected chi connectivity index (χ1v) is 7.98. The first kappa shape index (κ1) is 14.6. The minimum absolute atomic E-state index is 0.302. The van der Waals surface area contributed by atoms with Gasteiger partial charge in [0.15, 0.2) is 0 Å². The van der Waals surface area contributed by atoms with Crippen LogP contribution in [0.25, 0.3) is 0 Å². The highest BCUT2D eigenvalue weighted by Gasteiger charge is 2.25. The van der Waals surface area contributed by atoms with Crippen LogP contribution in [0.5, 0.6) is 0 Å². The fraction of sp³-hybridized carbons (Fsp3) is 0.538. The minimum Gasteiger partial charge on any atom is -0.380 e. The van der Waals surface area contributed by atoms with E-state index in [0.29, 0.717) is 23.3 Å². The van der Waals surface area contributed by atoms with Crippen LogP contribution in [0.4, 0.5) is 5.69 Å². The van der Waals surface area contributed by atoms with Crippen LogP contribution in [0.1, 0.15) is 26.7 Å². The molecule has 2 rings (SSSR count). The van der Waals surface area contributed by atoms with Crippen molar-refractivity contribution in [2.45, 2.75) is 44.9 Å². The Morgan fingerprint density at radius 2 is 1.67 bits per heavy atom. The standard InChI is InChI=1S/C13H16Br2ClNO/c1-7-3-10(4-8(2)18-7)17-13-11(14)5-9(16)6-12(13)15/h5-8,10,17H,3-4H2,1-2H3. The van der Waals surface area contributed by atoms with Crippen LogP contribution < -0.4 is 5.32 Å². The van der Waals surface area contributed by atoms with Gasteiger partial charge in [0.2, 0.25) is 0 Å². The van der Waals surface area contributed by atoms with Crippen molar-refractivity contribution in [3.8, 4) is 0 Å². The van der Waals surface area contributed by atoms with E-state index in [1.165, 1.54) is 0 Å². The maximum absolute atomic E-state index is 6.00. The molecule has 1 N–H and O–H groups in total. The Morgan fingerprint density at radius 3 is 2.17 bits per heavy atom. The summed E-state index contributed by atoms with van der Waals surface area (Å²) in [4.78, 5) is 0. The second-order valence-corrected chi connectivity index (χ2v) is 6.96. The fourth-order valence-electron chi connectivity index (χ4n) is 2.41. The number of anilines is 1. The monoisotopic (exact) mass is 395 g/mol. The lowest BCUT2D eigenvalue weighted by Crippen LogP contribution is -2.37. The third-order valence-corrected chi connectivity index (χ3v) is 4.52. The maximum Gasteiger partial charge on any atom is 0.0632 e. The molecular weight excluding hydrogens is 381 g/mol. The van der Waals surface area contributed by atoms with Gasteiger partial charge in [-0.2, -0.15) is 0 Å². The number of benzene rings is 1. The van der Waals surface area contributed by atoms with Crippen molar-refractivity contribution in [1.29, 1.82) is 0 Å². The number of rotatable bonds is 2. The first-order chi connectivity index (χ1) is 8.45. The summed E-state index contributed by atoms with van der Waals surface area (Å²) in [5, 5.41) is 4.29. The van der Waals surface area contributed by atoms with Crippen LogP contribution in [-0.2, 0) is 4.74 Å². The molecule has 1 saturated heterocycles. The Balaban J connectivity index is 2.14. The van der Waals surface area contributed by atoms with Gasteiger partial charge in [0.1, 0.15) is 0 Å². The molecule has 0 amide bonds. The largest absolute Gasteiger partial charge is 0.380 e. The van der Waals surface area contributed by atoms with Crippen LogP contribution in [0.15, 0.2) is 21.1 Å². The molecule has 0 spiro atoms. The Bertz CT molecular complexity index is 408. The third-order valence-electron chi connectivity index (χ3n) is 3.05. The molecule has 5 heteroatoms. The van der Waals surface area contributed by atoms with Gasteiger partial charge in [0.05, 0.1) is 17.9 Å². The van der Waals surface area contributed by atoms with Crippen molar-refractivity contribution < 1.29 is 4.74 Å². The lowest BCUT2D eigenvalue weighted by Gasteiger charge is -2.33. The van der Waals surface area contributed by atoms with E-state index in [9.17, 15) is 0 Å². The smallest absolute Gasteiger partial charge is 0.0632 e. The highest BCUT2D eigenvalue weighted by atomic mass is 79.9. The van der Waals surface area contributed by atoms with Crippen molar-refractivity contribution in [2.24, 2.45) is 0 Å². The summed E-state index contributed by atoms with van der Waals surface area (Å²) >= 11 is 13.1. The molecule has 0 aliphatic carbocycles. The van der Waals surface area contributed by atoms with Crippen molar-refractivity contribution in [2.75, 3.05) is 5.32 Å². The van der Waals surface area contributed by atoms with Gasteiger partial charge in [-0.25, -0.2) is 0 Å². The molecule has 100 valence electrons. The Hall–Kier alpha value is 0.230. The van der Waals surface area contributed by atoms with Gasteiger partial charge in [-0.1, -0.05) is 11.6 Å². The quantitative estimate of drug-likeness (QED) is 0.738. The minimum atomic E-state index is 0.302. The van der Waals surface area contributed by atoms with E-state index in [1.54, 1.807) is 0 Å². The number of hydrogen-bond donors (Lipinski definition) is 1. The molecule has 0 saturated carbocycles. The molecule has 1 fully saturated rings. The van der Waals surface area contributed by atoms with Crippen molar-refractivity contribution in [1.82, 2.24) is 0 Å². The highest BCUT2D eigenvalue weighted by Crippen LogP contribution is 2.36. The van der Waals surface area contributed by atoms with E-state index in [2.05, 4.69) is 51.0 Å². The zero-order valence-corrected chi connectivity index (χ0v) is 14.3. The molecule has 0 aromatic heterocycles. The molecule has 0 bridgehead atoms. The van der Waals surface area contributed by atoms with Gasteiger partial charge in [0, 0.05) is 20.0 Å². The van der Waals surface area contributed by atoms with Crippen LogP contribution in [0.2, 0.25) is 5.02 Å². The van der Waals surface area contributed by atoms with Gasteiger partial charge in [0.25, 0.3) is 0 Å². The summed E-state index contributed by atoms with van der Waals surface area (Å²) in [7, 11) is 0. The topological polar surface area (TPSA) is 21.3 Å². The van der Waals surface area contributed by atoms with E-state index < -0.39 is 0 Å². The maximum atomic E-state index is 6.00. The van der Waals surface area contributed by atoms with Gasteiger partial charge in [-0.05, 0) is 70.7 Å². The Labute approximate surface area is 130 Å². The number of ether oxygens (including phenoxy) is 1. The van der Waals surface area contributed by atoms with Crippen molar-refractivity contribution in [3.05, 3.63) is 26.1 Å².